The molecule has 2 aromatic rings. The molecule has 11 heteroatoms. The molecule has 0 aliphatic heterocycles. The van der Waals surface area contributed by atoms with Crippen LogP contribution in [0.5, 0.6) is 5.75 Å². The Morgan fingerprint density at radius 1 is 1.17 bits per heavy atom. The van der Waals surface area contributed by atoms with Crippen LogP contribution in [0.2, 0.25) is 0 Å². The lowest BCUT2D eigenvalue weighted by atomic mass is 10.1. The summed E-state index contributed by atoms with van der Waals surface area (Å²) in [5, 5.41) is 0. The Kier molecular flexibility index (Phi) is 7.66. The van der Waals surface area contributed by atoms with Crippen molar-refractivity contribution in [1.29, 1.82) is 0 Å². The van der Waals surface area contributed by atoms with Crippen LogP contribution in [0.4, 0.5) is 13.2 Å². The van der Waals surface area contributed by atoms with Crippen LogP contribution in [0.3, 0.4) is 0 Å². The second-order valence-electron chi connectivity index (χ2n) is 5.76. The first-order valence-electron chi connectivity index (χ1n) is 8.29. The predicted molar refractivity (Wildman–Crippen MR) is 102 cm³/mol. The Labute approximate surface area is 174 Å². The third kappa shape index (κ3) is 7.33. The second-order valence-corrected chi connectivity index (χ2v) is 8.39. The molecule has 2 rings (SSSR count). The maximum absolute atomic E-state index is 12.7. The summed E-state index contributed by atoms with van der Waals surface area (Å²) in [6, 6.07) is 9.49. The first-order valence-corrected chi connectivity index (χ1v) is 10.6. The Hall–Kier alpha value is -2.11. The van der Waals surface area contributed by atoms with Gasteiger partial charge in [0.15, 0.2) is 0 Å². The van der Waals surface area contributed by atoms with E-state index in [1.165, 1.54) is 0 Å². The van der Waals surface area contributed by atoms with E-state index in [4.69, 9.17) is 4.74 Å². The van der Waals surface area contributed by atoms with Gasteiger partial charge in [-0.3, -0.25) is 4.79 Å². The van der Waals surface area contributed by atoms with E-state index >= 15 is 0 Å². The van der Waals surface area contributed by atoms with E-state index in [0.29, 0.717) is 10.0 Å². The van der Waals surface area contributed by atoms with Gasteiger partial charge in [-0.1, -0.05) is 28.1 Å². The van der Waals surface area contributed by atoms with E-state index in [-0.39, 0.29) is 17.9 Å². The van der Waals surface area contributed by atoms with Gasteiger partial charge in [0.2, 0.25) is 10.0 Å². The molecule has 0 saturated heterocycles. The molecule has 0 aromatic heterocycles. The highest BCUT2D eigenvalue weighted by atomic mass is 79.9. The molecule has 29 heavy (non-hydrogen) atoms. The highest BCUT2D eigenvalue weighted by molar-refractivity contribution is 9.10. The third-order valence-corrected chi connectivity index (χ3v) is 5.57. The van der Waals surface area contributed by atoms with Crippen molar-refractivity contribution in [2.24, 2.45) is 0 Å². The lowest BCUT2D eigenvalue weighted by Crippen LogP contribution is -2.30. The second kappa shape index (κ2) is 9.59. The van der Waals surface area contributed by atoms with Gasteiger partial charge in [-0.15, -0.1) is 13.2 Å². The van der Waals surface area contributed by atoms with E-state index in [9.17, 15) is 26.4 Å². The molecule has 2 aromatic carbocycles. The number of hydrogen-bond acceptors (Lipinski definition) is 5. The van der Waals surface area contributed by atoms with Crippen LogP contribution < -0.4 is 9.46 Å². The van der Waals surface area contributed by atoms with Crippen LogP contribution in [0.1, 0.15) is 24.9 Å². The number of alkyl halides is 3. The quantitative estimate of drug-likeness (QED) is 0.551. The van der Waals surface area contributed by atoms with Crippen LogP contribution in [-0.4, -0.2) is 27.4 Å². The van der Waals surface area contributed by atoms with Gasteiger partial charge < -0.3 is 9.47 Å². The largest absolute Gasteiger partial charge is 0.573 e. The van der Waals surface area contributed by atoms with E-state index in [1.807, 2.05) is 0 Å². The fraction of sp³-hybridized carbons (Fsp3) is 0.278. The van der Waals surface area contributed by atoms with Crippen molar-refractivity contribution in [3.8, 4) is 5.75 Å². The topological polar surface area (TPSA) is 81.7 Å². The number of hydrogen-bond donors (Lipinski definition) is 1. The molecule has 1 N–H and O–H groups in total. The van der Waals surface area contributed by atoms with Crippen molar-refractivity contribution in [3.63, 3.8) is 0 Å². The summed E-state index contributed by atoms with van der Waals surface area (Å²) < 4.78 is 73.9. The molecule has 158 valence electrons. The maximum atomic E-state index is 12.7. The summed E-state index contributed by atoms with van der Waals surface area (Å²) in [7, 11) is -4.15. The van der Waals surface area contributed by atoms with Gasteiger partial charge in [0.05, 0.1) is 24.0 Å². The molecule has 0 spiro atoms. The van der Waals surface area contributed by atoms with Crippen molar-refractivity contribution >= 4 is 31.9 Å². The summed E-state index contributed by atoms with van der Waals surface area (Å²) in [6.45, 7) is 1.76. The number of rotatable bonds is 8. The molecular weight excluding hydrogens is 479 g/mol. The van der Waals surface area contributed by atoms with Gasteiger partial charge in [0.1, 0.15) is 5.75 Å². The molecule has 0 heterocycles. The average molecular weight is 496 g/mol. The fourth-order valence-corrected chi connectivity index (χ4v) is 4.05. The van der Waals surface area contributed by atoms with Crippen molar-refractivity contribution < 1.29 is 35.9 Å². The van der Waals surface area contributed by atoms with Crippen LogP contribution in [0.15, 0.2) is 57.9 Å². The molecule has 6 nitrogen and oxygen atoms in total. The molecule has 0 aliphatic carbocycles. The Morgan fingerprint density at radius 2 is 1.83 bits per heavy atom. The number of sulfonamides is 1. The maximum Gasteiger partial charge on any atom is 0.573 e. The van der Waals surface area contributed by atoms with Crippen LogP contribution in [0, 0.1) is 0 Å². The predicted octanol–water partition coefficient (Wildman–Crippen LogP) is 4.32. The van der Waals surface area contributed by atoms with Crippen LogP contribution in [-0.2, 0) is 19.6 Å². The zero-order valence-electron chi connectivity index (χ0n) is 15.1. The van der Waals surface area contributed by atoms with E-state index < -0.39 is 34.1 Å². The number of benzene rings is 2. The van der Waals surface area contributed by atoms with Gasteiger partial charge in [0.25, 0.3) is 0 Å². The zero-order chi connectivity index (χ0) is 21.7. The summed E-state index contributed by atoms with van der Waals surface area (Å²) in [6.07, 6.45) is -5.15. The highest BCUT2D eigenvalue weighted by Crippen LogP contribution is 2.26. The first-order chi connectivity index (χ1) is 13.5. The van der Waals surface area contributed by atoms with Crippen molar-refractivity contribution in [1.82, 2.24) is 4.72 Å². The normalized spacial score (nSPS) is 13.0. The van der Waals surface area contributed by atoms with Gasteiger partial charge in [-0.2, -0.15) is 0 Å². The smallest absolute Gasteiger partial charge is 0.466 e. The summed E-state index contributed by atoms with van der Waals surface area (Å²) in [4.78, 5) is 11.6. The number of nitrogens with one attached hydrogen (secondary N) is 1. The first kappa shape index (κ1) is 23.2. The third-order valence-electron chi connectivity index (χ3n) is 3.59. The monoisotopic (exact) mass is 495 g/mol. The molecule has 0 bridgehead atoms. The number of esters is 1. The minimum absolute atomic E-state index is 0.136. The lowest BCUT2D eigenvalue weighted by molar-refractivity contribution is -0.274. The fourth-order valence-electron chi connectivity index (χ4n) is 2.41. The molecule has 0 saturated carbocycles. The van der Waals surface area contributed by atoms with Crippen LogP contribution >= 0.6 is 15.9 Å². The average Bonchev–Trinajstić information content (AvgIpc) is 2.60. The standard InChI is InChI=1S/C18H17BrF3NO5S/c1-2-27-17(24)11-16(12-4-3-5-13(19)10-12)23-29(25,26)15-8-6-14(7-9-15)28-18(20,21)22/h3-10,16,23H,2,11H2,1H3/t16-/m1/s1. The van der Waals surface area contributed by atoms with Crippen LogP contribution in [0.25, 0.3) is 0 Å². The number of halogens is 4. The van der Waals surface area contributed by atoms with Crippen molar-refractivity contribution in [2.75, 3.05) is 6.61 Å². The molecule has 0 amide bonds. The molecule has 1 atom stereocenters. The van der Waals surface area contributed by atoms with E-state index in [2.05, 4.69) is 25.4 Å². The zero-order valence-corrected chi connectivity index (χ0v) is 17.5. The summed E-state index contributed by atoms with van der Waals surface area (Å²) in [5.41, 5.74) is 0.507. The lowest BCUT2D eigenvalue weighted by Gasteiger charge is -2.19. The van der Waals surface area contributed by atoms with Crippen molar-refractivity contribution in [3.05, 3.63) is 58.6 Å². The SMILES string of the molecule is CCOC(=O)C[C@@H](NS(=O)(=O)c1ccc(OC(F)(F)F)cc1)c1cccc(Br)c1. The minimum Gasteiger partial charge on any atom is -0.466 e. The minimum atomic E-state index is -4.88. The molecule has 0 radical (unpaired) electrons. The number of ether oxygens (including phenoxy) is 2. The Balaban J connectivity index is 2.27. The number of carbonyl (C=O) groups excluding carboxylic acids is 1. The molecule has 0 aliphatic rings. The van der Waals surface area contributed by atoms with Gasteiger partial charge >= 0.3 is 12.3 Å². The van der Waals surface area contributed by atoms with E-state index in [0.717, 1.165) is 24.3 Å². The summed E-state index contributed by atoms with van der Waals surface area (Å²) >= 11 is 3.28. The summed E-state index contributed by atoms with van der Waals surface area (Å²) in [5.74, 6) is -1.15. The van der Waals surface area contributed by atoms with Gasteiger partial charge in [-0.25, -0.2) is 13.1 Å². The Morgan fingerprint density at radius 3 is 2.38 bits per heavy atom. The van der Waals surface area contributed by atoms with Gasteiger partial charge in [0, 0.05) is 4.47 Å². The van der Waals surface area contributed by atoms with Gasteiger partial charge in [-0.05, 0) is 48.9 Å². The van der Waals surface area contributed by atoms with Crippen molar-refractivity contribution in [2.45, 2.75) is 30.6 Å². The number of carbonyl (C=O) groups is 1. The molecular formula is C18H17BrF3NO5S. The molecule has 0 fully saturated rings. The molecule has 0 unspecified atom stereocenters. The Bertz CT molecular complexity index is 949. The highest BCUT2D eigenvalue weighted by Gasteiger charge is 2.31. The van der Waals surface area contributed by atoms with E-state index in [1.54, 1.807) is 31.2 Å².